The number of nitrogens with one attached hydrogen (secondary N) is 3. The standard InChI is InChI=1S/C24H28F3N5O2S/c1-3-17(14-20-21(33)32-23(34)35-20)30-22(28-2)31-19-10-8-18(9-11-19)29-13-12-15-4-6-16(7-5-15)24(25,26)27/h3-7,14,18-19,29H,2,8-13H2,1H3,(H,30,31)(H,32,33,34)/b17-3-,20-14-/t18-,19-. The summed E-state index contributed by atoms with van der Waals surface area (Å²) >= 11 is 0.827. The van der Waals surface area contributed by atoms with E-state index in [1.54, 1.807) is 13.0 Å². The number of imide groups is 1. The molecule has 1 aliphatic heterocycles. The first-order valence-electron chi connectivity index (χ1n) is 11.3. The lowest BCUT2D eigenvalue weighted by molar-refractivity contribution is -0.137. The van der Waals surface area contributed by atoms with Gasteiger partial charge in [-0.25, -0.2) is 9.98 Å². The highest BCUT2D eigenvalue weighted by atomic mass is 32.2. The van der Waals surface area contributed by atoms with Crippen molar-refractivity contribution in [3.05, 3.63) is 58.1 Å². The third-order valence-electron chi connectivity index (χ3n) is 5.79. The normalized spacial score (nSPS) is 22.9. The average molecular weight is 508 g/mol. The predicted molar refractivity (Wildman–Crippen MR) is 132 cm³/mol. The minimum absolute atomic E-state index is 0.170. The smallest absolute Gasteiger partial charge is 0.351 e. The van der Waals surface area contributed by atoms with Crippen LogP contribution in [0.2, 0.25) is 0 Å². The minimum Gasteiger partial charge on any atom is -0.351 e. The van der Waals surface area contributed by atoms with Crippen LogP contribution in [0.1, 0.15) is 43.7 Å². The van der Waals surface area contributed by atoms with Crippen molar-refractivity contribution in [1.82, 2.24) is 16.0 Å². The number of carbonyl (C=O) groups is 2. The molecule has 3 N–H and O–H groups in total. The maximum Gasteiger partial charge on any atom is 0.416 e. The van der Waals surface area contributed by atoms with Gasteiger partial charge >= 0.3 is 6.18 Å². The number of amides is 2. The molecular formula is C24H28F3N5O2S. The molecule has 1 saturated heterocycles. The fourth-order valence-electron chi connectivity index (χ4n) is 3.88. The van der Waals surface area contributed by atoms with E-state index >= 15 is 0 Å². The second-order valence-electron chi connectivity index (χ2n) is 8.25. The number of hydrogen-bond donors (Lipinski definition) is 3. The molecule has 11 heteroatoms. The van der Waals surface area contributed by atoms with Crippen LogP contribution in [0.5, 0.6) is 0 Å². The molecule has 0 atom stereocenters. The molecule has 1 saturated carbocycles. The number of halogens is 3. The summed E-state index contributed by atoms with van der Waals surface area (Å²) in [4.78, 5) is 31.7. The summed E-state index contributed by atoms with van der Waals surface area (Å²) in [6.45, 7) is 6.04. The zero-order valence-electron chi connectivity index (χ0n) is 19.3. The number of alkyl halides is 3. The van der Waals surface area contributed by atoms with E-state index in [0.29, 0.717) is 30.7 Å². The van der Waals surface area contributed by atoms with Crippen molar-refractivity contribution in [1.29, 1.82) is 0 Å². The summed E-state index contributed by atoms with van der Waals surface area (Å²) in [5.74, 6) is -0.0943. The number of benzene rings is 1. The second kappa shape index (κ2) is 12.2. The average Bonchev–Trinajstić information content (AvgIpc) is 3.15. The first-order valence-corrected chi connectivity index (χ1v) is 12.1. The van der Waals surface area contributed by atoms with Crippen LogP contribution in [-0.4, -0.2) is 42.5 Å². The van der Waals surface area contributed by atoms with Crippen molar-refractivity contribution >= 4 is 35.6 Å². The molecule has 2 amide bonds. The van der Waals surface area contributed by atoms with Gasteiger partial charge in [0.1, 0.15) is 0 Å². The highest BCUT2D eigenvalue weighted by molar-refractivity contribution is 8.18. The van der Waals surface area contributed by atoms with Crippen LogP contribution in [0.15, 0.2) is 57.0 Å². The van der Waals surface area contributed by atoms with Crippen molar-refractivity contribution in [2.45, 2.75) is 57.3 Å². The quantitative estimate of drug-likeness (QED) is 0.286. The van der Waals surface area contributed by atoms with Crippen molar-refractivity contribution in [3.8, 4) is 0 Å². The van der Waals surface area contributed by atoms with E-state index in [1.807, 2.05) is 0 Å². The number of hydrogen-bond acceptors (Lipinski definition) is 5. The van der Waals surface area contributed by atoms with Crippen molar-refractivity contribution < 1.29 is 22.8 Å². The van der Waals surface area contributed by atoms with Crippen LogP contribution in [0.25, 0.3) is 0 Å². The summed E-state index contributed by atoms with van der Waals surface area (Å²) in [7, 11) is 0. The lowest BCUT2D eigenvalue weighted by atomic mass is 9.91. The summed E-state index contributed by atoms with van der Waals surface area (Å²) in [5, 5.41) is 8.58. The number of guanidine groups is 1. The maximum absolute atomic E-state index is 12.7. The number of nitrogens with zero attached hydrogens (tertiary/aromatic N) is 2. The molecule has 1 aromatic rings. The van der Waals surface area contributed by atoms with Gasteiger partial charge in [0.25, 0.3) is 11.1 Å². The Hall–Kier alpha value is -2.92. The fraction of sp³-hybridized carbons (Fsp3) is 0.417. The number of thioether (sulfide) groups is 1. The molecule has 3 rings (SSSR count). The molecule has 2 fully saturated rings. The fourth-order valence-corrected chi connectivity index (χ4v) is 4.54. The second-order valence-corrected chi connectivity index (χ2v) is 9.27. The Bertz CT molecular complexity index is 1030. The van der Waals surface area contributed by atoms with E-state index in [-0.39, 0.29) is 10.9 Å². The van der Waals surface area contributed by atoms with Crippen LogP contribution in [0, 0.1) is 0 Å². The lowest BCUT2D eigenvalue weighted by Crippen LogP contribution is -2.42. The minimum atomic E-state index is -4.31. The molecule has 0 spiro atoms. The van der Waals surface area contributed by atoms with Crippen LogP contribution in [0.4, 0.5) is 18.0 Å². The van der Waals surface area contributed by atoms with Gasteiger partial charge in [0, 0.05) is 12.1 Å². The molecule has 1 aliphatic carbocycles. The molecule has 0 aromatic heterocycles. The molecule has 188 valence electrons. The third-order valence-corrected chi connectivity index (χ3v) is 6.60. The van der Waals surface area contributed by atoms with Crippen LogP contribution < -0.4 is 16.0 Å². The topological polar surface area (TPSA) is 95.0 Å². The Kier molecular flexibility index (Phi) is 9.27. The maximum atomic E-state index is 12.7. The first-order chi connectivity index (χ1) is 16.7. The Morgan fingerprint density at radius 3 is 2.37 bits per heavy atom. The first kappa shape index (κ1) is 26.7. The molecule has 7 nitrogen and oxygen atoms in total. The molecule has 0 radical (unpaired) electrons. The molecule has 35 heavy (non-hydrogen) atoms. The van der Waals surface area contributed by atoms with Gasteiger partial charge in [-0.15, -0.1) is 0 Å². The molecule has 1 heterocycles. The molecular weight excluding hydrogens is 479 g/mol. The summed E-state index contributed by atoms with van der Waals surface area (Å²) in [5.41, 5.74) is 0.727. The predicted octanol–water partition coefficient (Wildman–Crippen LogP) is 4.57. The Labute approximate surface area is 206 Å². The van der Waals surface area contributed by atoms with Crippen molar-refractivity contribution in [3.63, 3.8) is 0 Å². The Morgan fingerprint density at radius 1 is 1.17 bits per heavy atom. The zero-order valence-corrected chi connectivity index (χ0v) is 20.1. The SMILES string of the molecule is C=N\C(=N/C(=C\C)/C=C1\SC(=O)NC1=O)N[C@H]1CC[C@H](NCCc2ccc(C(F)(F)F)cc2)CC1. The third kappa shape index (κ3) is 8.07. The number of allylic oxidation sites excluding steroid dienone is 2. The highest BCUT2D eigenvalue weighted by Gasteiger charge is 2.30. The summed E-state index contributed by atoms with van der Waals surface area (Å²) in [6, 6.07) is 5.80. The van der Waals surface area contributed by atoms with E-state index in [4.69, 9.17) is 0 Å². The molecule has 2 aliphatic rings. The number of rotatable bonds is 7. The van der Waals surface area contributed by atoms with Crippen LogP contribution in [0.3, 0.4) is 0 Å². The lowest BCUT2D eigenvalue weighted by Gasteiger charge is -2.30. The molecule has 1 aromatic carbocycles. The van der Waals surface area contributed by atoms with E-state index in [0.717, 1.165) is 55.1 Å². The number of carbonyl (C=O) groups excluding carboxylic acids is 2. The molecule has 0 unspecified atom stereocenters. The van der Waals surface area contributed by atoms with Crippen molar-refractivity contribution in [2.75, 3.05) is 6.54 Å². The van der Waals surface area contributed by atoms with Gasteiger partial charge < -0.3 is 10.6 Å². The van der Waals surface area contributed by atoms with Gasteiger partial charge in [-0.1, -0.05) is 18.2 Å². The van der Waals surface area contributed by atoms with Crippen LogP contribution >= 0.6 is 11.8 Å². The highest BCUT2D eigenvalue weighted by Crippen LogP contribution is 2.29. The summed E-state index contributed by atoms with van der Waals surface area (Å²) < 4.78 is 38.0. The van der Waals surface area contributed by atoms with Gasteiger partial charge in [0.05, 0.1) is 16.2 Å². The van der Waals surface area contributed by atoms with Crippen LogP contribution in [-0.2, 0) is 17.4 Å². The van der Waals surface area contributed by atoms with Gasteiger partial charge in [0.2, 0.25) is 5.96 Å². The Balaban J connectivity index is 1.44. The summed E-state index contributed by atoms with van der Waals surface area (Å²) in [6.07, 6.45) is 3.27. The largest absolute Gasteiger partial charge is 0.416 e. The number of aliphatic imine (C=N–C) groups is 2. The van der Waals surface area contributed by atoms with Gasteiger partial charge in [0.15, 0.2) is 0 Å². The van der Waals surface area contributed by atoms with E-state index < -0.39 is 22.9 Å². The van der Waals surface area contributed by atoms with E-state index in [1.165, 1.54) is 18.2 Å². The van der Waals surface area contributed by atoms with Gasteiger partial charge in [-0.2, -0.15) is 13.2 Å². The van der Waals surface area contributed by atoms with Crippen molar-refractivity contribution in [2.24, 2.45) is 9.98 Å². The monoisotopic (exact) mass is 507 g/mol. The zero-order chi connectivity index (χ0) is 25.4. The van der Waals surface area contributed by atoms with Gasteiger partial charge in [-0.05, 0) is 87.8 Å². The van der Waals surface area contributed by atoms with E-state index in [9.17, 15) is 22.8 Å². The Morgan fingerprint density at radius 2 is 1.83 bits per heavy atom. The van der Waals surface area contributed by atoms with Gasteiger partial charge in [-0.3, -0.25) is 14.9 Å². The van der Waals surface area contributed by atoms with E-state index in [2.05, 4.69) is 32.7 Å². The molecule has 0 bridgehead atoms.